The molecule has 2 unspecified atom stereocenters. The number of carboxylic acid groups (broad SMARTS) is 2. The van der Waals surface area contributed by atoms with Gasteiger partial charge in [0.25, 0.3) is 0 Å². The van der Waals surface area contributed by atoms with Gasteiger partial charge < -0.3 is 30.0 Å². The predicted octanol–water partition coefficient (Wildman–Crippen LogP) is 7.38. The van der Waals surface area contributed by atoms with Crippen molar-refractivity contribution in [2.24, 2.45) is 9.98 Å². The molecule has 0 aromatic heterocycles. The van der Waals surface area contributed by atoms with Crippen LogP contribution in [0.1, 0.15) is 139 Å². The standard InChI is InChI=1S/C34H44N2O2.2C2H4O2.Co/c1-9-23(7)25-14-27(33(37)31(16-25)21(3)4)19-35-29-12-11-13-30(18-29)36-20-28-15-26(24(8)10-2)17-32(22(5)6)34(28)38;2*1-2(3)4;/h11-24,37-38H,9-10H2,1-8H3;2*1H3,(H,3,4);/q;;;+2/p-2. The second-order valence-electron chi connectivity index (χ2n) is 12.0. The fraction of sp³-hybridized carbons (Fsp3) is 0.421. The molecule has 0 heterocycles. The zero-order chi connectivity index (χ0) is 35.1. The van der Waals surface area contributed by atoms with Crippen molar-refractivity contribution >= 4 is 35.7 Å². The number of aromatic hydroxyl groups is 2. The maximum Gasteiger partial charge on any atom is 2.00 e. The summed E-state index contributed by atoms with van der Waals surface area (Å²) in [4.78, 5) is 27.1. The third-order valence-corrected chi connectivity index (χ3v) is 7.52. The second kappa shape index (κ2) is 21.0. The smallest absolute Gasteiger partial charge is 0.550 e. The van der Waals surface area contributed by atoms with Crippen LogP contribution in [0, 0.1) is 0 Å². The van der Waals surface area contributed by atoms with Gasteiger partial charge in [-0.3, -0.25) is 9.98 Å². The van der Waals surface area contributed by atoms with Crippen molar-refractivity contribution in [2.75, 3.05) is 0 Å². The van der Waals surface area contributed by atoms with E-state index < -0.39 is 11.9 Å². The first-order chi connectivity index (χ1) is 21.5. The summed E-state index contributed by atoms with van der Waals surface area (Å²) in [5, 5.41) is 39.6. The van der Waals surface area contributed by atoms with Gasteiger partial charge in [-0.25, -0.2) is 0 Å². The van der Waals surface area contributed by atoms with E-state index in [1.807, 2.05) is 36.4 Å². The summed E-state index contributed by atoms with van der Waals surface area (Å²) >= 11 is 0. The van der Waals surface area contributed by atoms with Crippen LogP contribution in [0.25, 0.3) is 0 Å². The Kier molecular flexibility index (Phi) is 19.3. The summed E-state index contributed by atoms with van der Waals surface area (Å²) in [5.74, 6) is -0.329. The van der Waals surface area contributed by atoms with E-state index in [-0.39, 0.29) is 28.6 Å². The Hall–Kier alpha value is -3.95. The minimum absolute atomic E-state index is 0. The Morgan fingerprint density at radius 2 is 1.00 bits per heavy atom. The van der Waals surface area contributed by atoms with Crippen molar-refractivity contribution in [3.8, 4) is 11.5 Å². The molecule has 0 aliphatic rings. The normalized spacial score (nSPS) is 12.2. The van der Waals surface area contributed by atoms with E-state index in [4.69, 9.17) is 19.8 Å². The molecule has 0 fully saturated rings. The van der Waals surface area contributed by atoms with E-state index in [2.05, 4.69) is 77.5 Å². The summed E-state index contributed by atoms with van der Waals surface area (Å²) in [6, 6.07) is 16.0. The van der Waals surface area contributed by atoms with E-state index in [0.717, 1.165) is 60.3 Å². The van der Waals surface area contributed by atoms with Gasteiger partial charge in [0.15, 0.2) is 0 Å². The van der Waals surface area contributed by atoms with Crippen molar-refractivity contribution in [1.82, 2.24) is 0 Å². The number of benzene rings is 3. The largest absolute Gasteiger partial charge is 2.00 e. The monoisotopic (exact) mass is 689 g/mol. The maximum absolute atomic E-state index is 10.9. The average Bonchev–Trinajstić information content (AvgIpc) is 2.98. The minimum Gasteiger partial charge on any atom is -0.550 e. The molecule has 0 aliphatic carbocycles. The molecule has 2 N–H and O–H groups in total. The average molecular weight is 690 g/mol. The molecule has 0 saturated carbocycles. The first kappa shape index (κ1) is 43.0. The SMILES string of the molecule is CC(=O)[O-].CC(=O)[O-].CCC(C)c1cc(C=Nc2cccc(N=Cc3cc(C(C)CC)cc(C(C)C)c3O)c2)c(O)c(C(C)C)c1.[Co+2]. The molecule has 257 valence electrons. The van der Waals surface area contributed by atoms with Gasteiger partial charge in [0, 0.05) is 35.5 Å². The van der Waals surface area contributed by atoms with E-state index >= 15 is 0 Å². The molecule has 0 spiro atoms. The molecule has 0 bridgehead atoms. The number of carbonyl (C=O) groups is 2. The summed E-state index contributed by atoms with van der Waals surface area (Å²) < 4.78 is 0. The summed E-state index contributed by atoms with van der Waals surface area (Å²) in [6.07, 6.45) is 5.55. The van der Waals surface area contributed by atoms with Gasteiger partial charge in [0.05, 0.1) is 11.4 Å². The van der Waals surface area contributed by atoms with Gasteiger partial charge in [-0.1, -0.05) is 73.6 Å². The molecule has 0 amide bonds. The van der Waals surface area contributed by atoms with Crippen LogP contribution in [0.3, 0.4) is 0 Å². The van der Waals surface area contributed by atoms with Crippen LogP contribution in [-0.4, -0.2) is 34.6 Å². The number of phenols is 2. The number of carbonyl (C=O) groups excluding carboxylic acids is 2. The zero-order valence-corrected chi connectivity index (χ0v) is 30.3. The van der Waals surface area contributed by atoms with Crippen molar-refractivity contribution in [1.29, 1.82) is 0 Å². The molecular formula is C38H50CoN2O6. The van der Waals surface area contributed by atoms with Gasteiger partial charge >= 0.3 is 16.8 Å². The molecule has 0 aliphatic heterocycles. The van der Waals surface area contributed by atoms with E-state index in [9.17, 15) is 10.2 Å². The molecule has 3 rings (SSSR count). The van der Waals surface area contributed by atoms with Crippen LogP contribution >= 0.6 is 0 Å². The Balaban J connectivity index is 0.00000211. The molecule has 3 aromatic carbocycles. The molecule has 8 nitrogen and oxygen atoms in total. The van der Waals surface area contributed by atoms with Crippen molar-refractivity contribution in [3.05, 3.63) is 81.9 Å². The van der Waals surface area contributed by atoms with Crippen LogP contribution in [0.2, 0.25) is 0 Å². The summed E-state index contributed by atoms with van der Waals surface area (Å²) in [6.45, 7) is 19.1. The molecule has 3 aromatic rings. The molecule has 0 saturated heterocycles. The first-order valence-electron chi connectivity index (χ1n) is 15.8. The first-order valence-corrected chi connectivity index (χ1v) is 15.8. The number of nitrogens with zero attached hydrogens (tertiary/aromatic N) is 2. The topological polar surface area (TPSA) is 145 Å². The van der Waals surface area contributed by atoms with Crippen LogP contribution in [0.5, 0.6) is 11.5 Å². The fourth-order valence-corrected chi connectivity index (χ4v) is 4.47. The minimum atomic E-state index is -1.08. The van der Waals surface area contributed by atoms with Crippen molar-refractivity contribution < 1.29 is 46.8 Å². The second-order valence-corrected chi connectivity index (χ2v) is 12.0. The number of hydrogen-bond acceptors (Lipinski definition) is 8. The Bertz CT molecular complexity index is 1400. The number of aliphatic imine (C=N–C) groups is 2. The Morgan fingerprint density at radius 1 is 0.681 bits per heavy atom. The fourth-order valence-electron chi connectivity index (χ4n) is 4.47. The van der Waals surface area contributed by atoms with Gasteiger partial charge in [0.1, 0.15) is 11.5 Å². The van der Waals surface area contributed by atoms with E-state index in [1.54, 1.807) is 12.4 Å². The third-order valence-electron chi connectivity index (χ3n) is 7.52. The van der Waals surface area contributed by atoms with Gasteiger partial charge in [-0.05, 0) is 103 Å². The Labute approximate surface area is 290 Å². The maximum atomic E-state index is 10.9. The number of phenolic OH excluding ortho intramolecular Hbond substituents is 2. The molecule has 47 heavy (non-hydrogen) atoms. The third kappa shape index (κ3) is 14.6. The van der Waals surface area contributed by atoms with Gasteiger partial charge in [-0.2, -0.15) is 0 Å². The van der Waals surface area contributed by atoms with Crippen molar-refractivity contribution in [2.45, 2.75) is 106 Å². The van der Waals surface area contributed by atoms with Crippen LogP contribution in [-0.2, 0) is 26.4 Å². The van der Waals surface area contributed by atoms with Gasteiger partial charge in [0.2, 0.25) is 0 Å². The molecule has 1 radical (unpaired) electrons. The Morgan fingerprint density at radius 3 is 1.28 bits per heavy atom. The number of carboxylic acids is 2. The van der Waals surface area contributed by atoms with Crippen LogP contribution < -0.4 is 10.2 Å². The predicted molar refractivity (Wildman–Crippen MR) is 184 cm³/mol. The van der Waals surface area contributed by atoms with Gasteiger partial charge in [-0.15, -0.1) is 0 Å². The number of hydrogen-bond donors (Lipinski definition) is 2. The quantitative estimate of drug-likeness (QED) is 0.213. The van der Waals surface area contributed by atoms with Crippen LogP contribution in [0.4, 0.5) is 11.4 Å². The van der Waals surface area contributed by atoms with Crippen molar-refractivity contribution in [3.63, 3.8) is 0 Å². The molecule has 9 heteroatoms. The van der Waals surface area contributed by atoms with Crippen LogP contribution in [0.15, 0.2) is 58.5 Å². The summed E-state index contributed by atoms with van der Waals surface area (Å²) in [5.41, 5.74) is 7.29. The molecular weight excluding hydrogens is 639 g/mol. The number of aliphatic carboxylic acids is 2. The zero-order valence-electron chi connectivity index (χ0n) is 29.3. The van der Waals surface area contributed by atoms with E-state index in [0.29, 0.717) is 23.3 Å². The number of rotatable bonds is 10. The van der Waals surface area contributed by atoms with E-state index in [1.165, 1.54) is 11.1 Å². The summed E-state index contributed by atoms with van der Waals surface area (Å²) in [7, 11) is 0. The molecule has 2 atom stereocenters.